The number of piperazine rings is 1. The molecule has 0 radical (unpaired) electrons. The maximum absolute atomic E-state index is 14.1. The number of halogens is 4. The summed E-state index contributed by atoms with van der Waals surface area (Å²) in [5.74, 6) is -3.09. The summed E-state index contributed by atoms with van der Waals surface area (Å²) < 4.78 is 52.8. The summed E-state index contributed by atoms with van der Waals surface area (Å²) in [7, 11) is 0. The molecule has 1 N–H and O–H groups in total. The van der Waals surface area contributed by atoms with Gasteiger partial charge in [-0.3, -0.25) is 14.5 Å². The molecule has 0 aromatic heterocycles. The molecule has 0 atom stereocenters. The van der Waals surface area contributed by atoms with Gasteiger partial charge in [0.2, 0.25) is 11.8 Å². The third-order valence-corrected chi connectivity index (χ3v) is 4.37. The van der Waals surface area contributed by atoms with Crippen molar-refractivity contribution in [1.82, 2.24) is 9.80 Å². The fourth-order valence-electron chi connectivity index (χ4n) is 3.01. The molecule has 0 unspecified atom stereocenters. The minimum atomic E-state index is -4.48. The molecule has 152 valence electrons. The number of rotatable bonds is 2. The Morgan fingerprint density at radius 2 is 1.93 bits per heavy atom. The van der Waals surface area contributed by atoms with Gasteiger partial charge in [0, 0.05) is 12.6 Å². The number of hydrogen-bond acceptors (Lipinski definition) is 4. The van der Waals surface area contributed by atoms with Crippen LogP contribution in [0, 0.1) is 6.92 Å². The Morgan fingerprint density at radius 1 is 1.21 bits per heavy atom. The van der Waals surface area contributed by atoms with E-state index in [1.807, 2.05) is 0 Å². The van der Waals surface area contributed by atoms with Crippen LogP contribution in [0.5, 0.6) is 0 Å². The zero-order valence-electron chi connectivity index (χ0n) is 15.1. The molecule has 0 spiro atoms. The third-order valence-electron chi connectivity index (χ3n) is 4.37. The van der Waals surface area contributed by atoms with E-state index in [0.29, 0.717) is 5.56 Å². The number of amidine groups is 1. The molecule has 1 aromatic carbocycles. The predicted molar refractivity (Wildman–Crippen MR) is 94.2 cm³/mol. The van der Waals surface area contributed by atoms with E-state index < -0.39 is 54.1 Å². The first-order chi connectivity index (χ1) is 13.6. The number of carbonyl (C=O) groups is 2. The van der Waals surface area contributed by atoms with E-state index in [1.165, 1.54) is 24.0 Å². The molecule has 3 rings (SSSR count). The van der Waals surface area contributed by atoms with E-state index >= 15 is 0 Å². The highest BCUT2D eigenvalue weighted by Crippen LogP contribution is 2.32. The van der Waals surface area contributed by atoms with Crippen molar-refractivity contribution >= 4 is 17.6 Å². The van der Waals surface area contributed by atoms with E-state index in [2.05, 4.69) is 10.7 Å². The van der Waals surface area contributed by atoms with Crippen LogP contribution in [0.4, 0.5) is 17.6 Å². The summed E-state index contributed by atoms with van der Waals surface area (Å²) in [6, 6.07) is 3.49. The van der Waals surface area contributed by atoms with Crippen molar-refractivity contribution in [2.75, 3.05) is 13.1 Å². The van der Waals surface area contributed by atoms with Crippen molar-refractivity contribution in [3.8, 4) is 0 Å². The zero-order valence-corrected chi connectivity index (χ0v) is 15.1. The Kier molecular flexibility index (Phi) is 5.30. The number of aliphatic hydroxyl groups is 1. The second-order valence-electron chi connectivity index (χ2n) is 6.48. The maximum Gasteiger partial charge on any atom is 0.416 e. The van der Waals surface area contributed by atoms with Crippen LogP contribution in [-0.4, -0.2) is 45.6 Å². The molecular weight excluding hydrogens is 394 g/mol. The van der Waals surface area contributed by atoms with Gasteiger partial charge in [0.25, 0.3) is 0 Å². The minimum Gasteiger partial charge on any atom is -0.501 e. The van der Waals surface area contributed by atoms with Gasteiger partial charge in [-0.25, -0.2) is 9.38 Å². The standard InChI is InChI=1S/C19H15F4N3O3/c1-11-6-12(2-3-14(11)19(21,22)23)8-25-9-17(29)26(10-16(25)28)18-15(20)7-13(27)4-5-24-18/h2-3,5-7,27H,8-10H2,1H3. The number of aryl methyl sites for hydroxylation is 1. The number of hydrogen-bond donors (Lipinski definition) is 1. The highest BCUT2D eigenvalue weighted by Gasteiger charge is 2.35. The van der Waals surface area contributed by atoms with Crippen LogP contribution >= 0.6 is 0 Å². The Labute approximate surface area is 162 Å². The van der Waals surface area contributed by atoms with Crippen molar-refractivity contribution in [1.29, 1.82) is 0 Å². The fourth-order valence-corrected chi connectivity index (χ4v) is 3.01. The van der Waals surface area contributed by atoms with E-state index in [9.17, 15) is 32.3 Å². The third kappa shape index (κ3) is 4.38. The second-order valence-corrected chi connectivity index (χ2v) is 6.48. The van der Waals surface area contributed by atoms with E-state index in [1.54, 1.807) is 0 Å². The van der Waals surface area contributed by atoms with Crippen molar-refractivity contribution < 1.29 is 32.3 Å². The molecule has 0 bridgehead atoms. The molecular formula is C19H15F4N3O3. The first-order valence-corrected chi connectivity index (χ1v) is 8.40. The van der Waals surface area contributed by atoms with Crippen LogP contribution < -0.4 is 0 Å². The molecule has 2 aliphatic rings. The topological polar surface area (TPSA) is 73.2 Å². The number of nitrogens with zero attached hydrogens (tertiary/aromatic N) is 3. The molecule has 2 amide bonds. The summed E-state index contributed by atoms with van der Waals surface area (Å²) >= 11 is 0. The first kappa shape index (κ1) is 20.3. The fraction of sp³-hybridized carbons (Fsp3) is 0.263. The molecule has 2 aliphatic heterocycles. The highest BCUT2D eigenvalue weighted by atomic mass is 19.4. The average Bonchev–Trinajstić information content (AvgIpc) is 2.77. The van der Waals surface area contributed by atoms with E-state index in [0.717, 1.165) is 23.2 Å². The molecule has 1 fully saturated rings. The summed E-state index contributed by atoms with van der Waals surface area (Å²) in [6.45, 7) is 0.361. The molecule has 1 saturated heterocycles. The van der Waals surface area contributed by atoms with Gasteiger partial charge in [-0.1, -0.05) is 17.9 Å². The van der Waals surface area contributed by atoms with Gasteiger partial charge in [-0.15, -0.1) is 0 Å². The lowest BCUT2D eigenvalue weighted by atomic mass is 10.0. The van der Waals surface area contributed by atoms with Gasteiger partial charge >= 0.3 is 6.18 Å². The first-order valence-electron chi connectivity index (χ1n) is 8.40. The van der Waals surface area contributed by atoms with Crippen LogP contribution in [0.1, 0.15) is 16.7 Å². The van der Waals surface area contributed by atoms with E-state index in [-0.39, 0.29) is 12.1 Å². The predicted octanol–water partition coefficient (Wildman–Crippen LogP) is 3.00. The second kappa shape index (κ2) is 7.56. The number of allylic oxidation sites excluding steroid dienone is 1. The van der Waals surface area contributed by atoms with Crippen LogP contribution in [0.25, 0.3) is 0 Å². The summed E-state index contributed by atoms with van der Waals surface area (Å²) in [5, 5.41) is 9.33. The van der Waals surface area contributed by atoms with E-state index in [4.69, 9.17) is 0 Å². The maximum atomic E-state index is 14.1. The van der Waals surface area contributed by atoms with Crippen molar-refractivity contribution in [2.24, 2.45) is 4.99 Å². The lowest BCUT2D eigenvalue weighted by Gasteiger charge is -2.34. The Balaban J connectivity index is 1.75. The SMILES string of the molecule is Cc1cc(CN2CC(=O)N(C3=NC=C=C(O)C=C3F)CC2=O)ccc1C(F)(F)F. The lowest BCUT2D eigenvalue weighted by Crippen LogP contribution is -2.55. The molecule has 29 heavy (non-hydrogen) atoms. The smallest absolute Gasteiger partial charge is 0.416 e. The van der Waals surface area contributed by atoms with Gasteiger partial charge in [0.05, 0.1) is 11.8 Å². The zero-order chi connectivity index (χ0) is 21.3. The quantitative estimate of drug-likeness (QED) is 0.603. The van der Waals surface area contributed by atoms with Crippen LogP contribution in [-0.2, 0) is 22.3 Å². The van der Waals surface area contributed by atoms with Crippen LogP contribution in [0.2, 0.25) is 0 Å². The monoisotopic (exact) mass is 409 g/mol. The number of aliphatic hydroxyl groups excluding tert-OH is 1. The molecule has 0 aliphatic carbocycles. The van der Waals surface area contributed by atoms with Crippen LogP contribution in [0.3, 0.4) is 0 Å². The minimum absolute atomic E-state index is 0.00604. The Morgan fingerprint density at radius 3 is 2.59 bits per heavy atom. The van der Waals surface area contributed by atoms with Gasteiger partial charge in [0.1, 0.15) is 13.1 Å². The average molecular weight is 409 g/mol. The lowest BCUT2D eigenvalue weighted by molar-refractivity contribution is -0.147. The van der Waals surface area contributed by atoms with Crippen molar-refractivity contribution in [2.45, 2.75) is 19.6 Å². The number of amides is 2. The molecule has 0 saturated carbocycles. The van der Waals surface area contributed by atoms with Gasteiger partial charge in [-0.2, -0.15) is 13.2 Å². The van der Waals surface area contributed by atoms with Crippen molar-refractivity contribution in [3.63, 3.8) is 0 Å². The molecule has 1 aromatic rings. The van der Waals surface area contributed by atoms with Crippen LogP contribution in [0.15, 0.2) is 52.8 Å². The highest BCUT2D eigenvalue weighted by molar-refractivity contribution is 6.11. The summed E-state index contributed by atoms with van der Waals surface area (Å²) in [5.41, 5.74) is 1.93. The van der Waals surface area contributed by atoms with Gasteiger partial charge in [0.15, 0.2) is 17.4 Å². The van der Waals surface area contributed by atoms with Crippen molar-refractivity contribution in [3.05, 3.63) is 64.5 Å². The van der Waals surface area contributed by atoms with Gasteiger partial charge in [-0.05, 0) is 24.1 Å². The molecule has 2 heterocycles. The van der Waals surface area contributed by atoms with Gasteiger partial charge < -0.3 is 10.0 Å². The largest absolute Gasteiger partial charge is 0.501 e. The summed E-state index contributed by atoms with van der Waals surface area (Å²) in [6.07, 6.45) is -2.78. The Hall–Kier alpha value is -3.39. The number of benzene rings is 1. The molecule has 10 heteroatoms. The Bertz CT molecular complexity index is 1000. The summed E-state index contributed by atoms with van der Waals surface area (Å²) in [4.78, 5) is 30.6. The number of aliphatic imine (C=N–C) groups is 1. The molecule has 6 nitrogen and oxygen atoms in total. The normalized spacial score (nSPS) is 17.8. The number of alkyl halides is 3. The number of carbonyl (C=O) groups excluding carboxylic acids is 2.